The van der Waals surface area contributed by atoms with Crippen molar-refractivity contribution in [2.24, 2.45) is 5.92 Å². The van der Waals surface area contributed by atoms with E-state index in [1.165, 1.54) is 11.1 Å². The third-order valence-electron chi connectivity index (χ3n) is 3.64. The average molecular weight is 232 g/mol. The monoisotopic (exact) mass is 232 g/mol. The van der Waals surface area contributed by atoms with E-state index in [2.05, 4.69) is 25.1 Å². The summed E-state index contributed by atoms with van der Waals surface area (Å²) in [6.45, 7) is 4.78. The normalized spacial score (nSPS) is 20.7. The Morgan fingerprint density at radius 2 is 2.24 bits per heavy atom. The largest absolute Gasteiger partial charge is 0.373 e. The summed E-state index contributed by atoms with van der Waals surface area (Å²) < 4.78 is 5.75. The number of hydrogen-bond donors (Lipinski definition) is 0. The smallest absolute Gasteiger partial charge is 0.138 e. The van der Waals surface area contributed by atoms with Crippen molar-refractivity contribution < 1.29 is 9.53 Å². The van der Waals surface area contributed by atoms with Crippen molar-refractivity contribution in [3.63, 3.8) is 0 Å². The number of Topliss-reactive ketones (excluding diaryl/α,β-unsaturated/α-hetero) is 1. The van der Waals surface area contributed by atoms with Crippen LogP contribution in [0.4, 0.5) is 0 Å². The van der Waals surface area contributed by atoms with Gasteiger partial charge in [-0.05, 0) is 24.0 Å². The van der Waals surface area contributed by atoms with Gasteiger partial charge < -0.3 is 4.74 Å². The van der Waals surface area contributed by atoms with E-state index in [4.69, 9.17) is 4.74 Å². The van der Waals surface area contributed by atoms with Crippen molar-refractivity contribution in [1.82, 2.24) is 0 Å². The highest BCUT2D eigenvalue weighted by Gasteiger charge is 2.24. The Balaban J connectivity index is 2.11. The SMILES string of the molecule is CCC(C)C(=O)CC1OCCc2ccccc21. The number of fused-ring (bicyclic) bond motifs is 1. The second-order valence-electron chi connectivity index (χ2n) is 4.79. The highest BCUT2D eigenvalue weighted by molar-refractivity contribution is 5.81. The molecule has 2 unspecified atom stereocenters. The molecule has 1 heterocycles. The van der Waals surface area contributed by atoms with E-state index in [-0.39, 0.29) is 12.0 Å². The number of ketones is 1. The number of carbonyl (C=O) groups is 1. The second kappa shape index (κ2) is 5.46. The van der Waals surface area contributed by atoms with Crippen LogP contribution in [0.1, 0.15) is 43.9 Å². The van der Waals surface area contributed by atoms with Crippen LogP contribution in [0.2, 0.25) is 0 Å². The number of ether oxygens (including phenoxy) is 1. The number of rotatable bonds is 4. The van der Waals surface area contributed by atoms with Crippen LogP contribution >= 0.6 is 0 Å². The fourth-order valence-corrected chi connectivity index (χ4v) is 2.26. The van der Waals surface area contributed by atoms with Gasteiger partial charge in [0.2, 0.25) is 0 Å². The Morgan fingerprint density at radius 3 is 3.00 bits per heavy atom. The fraction of sp³-hybridized carbons (Fsp3) is 0.533. The van der Waals surface area contributed by atoms with E-state index in [1.807, 2.05) is 13.0 Å². The van der Waals surface area contributed by atoms with E-state index < -0.39 is 0 Å². The molecule has 0 bridgehead atoms. The second-order valence-corrected chi connectivity index (χ2v) is 4.79. The first-order valence-corrected chi connectivity index (χ1v) is 6.44. The molecule has 1 aromatic carbocycles. The average Bonchev–Trinajstić information content (AvgIpc) is 2.38. The van der Waals surface area contributed by atoms with Gasteiger partial charge in [0.15, 0.2) is 0 Å². The standard InChI is InChI=1S/C15H20O2/c1-3-11(2)14(16)10-15-13-7-5-4-6-12(13)8-9-17-15/h4-7,11,15H,3,8-10H2,1-2H3. The van der Waals surface area contributed by atoms with Crippen LogP contribution < -0.4 is 0 Å². The fourth-order valence-electron chi connectivity index (χ4n) is 2.26. The number of benzene rings is 1. The lowest BCUT2D eigenvalue weighted by Crippen LogP contribution is -2.21. The summed E-state index contributed by atoms with van der Waals surface area (Å²) >= 11 is 0. The van der Waals surface area contributed by atoms with E-state index in [0.717, 1.165) is 19.4 Å². The van der Waals surface area contributed by atoms with Crippen molar-refractivity contribution in [3.8, 4) is 0 Å². The molecule has 1 aromatic rings. The third kappa shape index (κ3) is 2.75. The van der Waals surface area contributed by atoms with Crippen LogP contribution in [0, 0.1) is 5.92 Å². The van der Waals surface area contributed by atoms with Crippen LogP contribution in [-0.2, 0) is 16.0 Å². The Morgan fingerprint density at radius 1 is 1.47 bits per heavy atom. The molecule has 1 aliphatic rings. The zero-order valence-corrected chi connectivity index (χ0v) is 10.6. The first-order valence-electron chi connectivity index (χ1n) is 6.44. The minimum Gasteiger partial charge on any atom is -0.373 e. The lowest BCUT2D eigenvalue weighted by Gasteiger charge is -2.26. The summed E-state index contributed by atoms with van der Waals surface area (Å²) in [5.41, 5.74) is 2.54. The molecule has 2 heteroatoms. The molecule has 0 aliphatic carbocycles. The van der Waals surface area contributed by atoms with Gasteiger partial charge in [0, 0.05) is 12.3 Å². The molecule has 17 heavy (non-hydrogen) atoms. The molecule has 2 nitrogen and oxygen atoms in total. The molecule has 0 saturated carbocycles. The van der Waals surface area contributed by atoms with Crippen molar-refractivity contribution in [1.29, 1.82) is 0 Å². The summed E-state index contributed by atoms with van der Waals surface area (Å²) in [5.74, 6) is 0.460. The van der Waals surface area contributed by atoms with Gasteiger partial charge in [0.05, 0.1) is 12.7 Å². The van der Waals surface area contributed by atoms with E-state index in [9.17, 15) is 4.79 Å². The Hall–Kier alpha value is -1.15. The molecule has 0 saturated heterocycles. The summed E-state index contributed by atoms with van der Waals surface area (Å²) in [7, 11) is 0. The molecule has 0 N–H and O–H groups in total. The van der Waals surface area contributed by atoms with Gasteiger partial charge in [0.1, 0.15) is 5.78 Å². The van der Waals surface area contributed by atoms with Gasteiger partial charge in [0.25, 0.3) is 0 Å². The number of hydrogen-bond acceptors (Lipinski definition) is 2. The zero-order valence-electron chi connectivity index (χ0n) is 10.6. The molecular weight excluding hydrogens is 212 g/mol. The van der Waals surface area contributed by atoms with Crippen LogP contribution in [-0.4, -0.2) is 12.4 Å². The molecule has 0 fully saturated rings. The zero-order chi connectivity index (χ0) is 12.3. The molecule has 0 radical (unpaired) electrons. The van der Waals surface area contributed by atoms with Gasteiger partial charge in [-0.2, -0.15) is 0 Å². The lowest BCUT2D eigenvalue weighted by molar-refractivity contribution is -0.125. The quantitative estimate of drug-likeness (QED) is 0.796. The van der Waals surface area contributed by atoms with Crippen LogP contribution in [0.15, 0.2) is 24.3 Å². The van der Waals surface area contributed by atoms with Crippen molar-refractivity contribution >= 4 is 5.78 Å². The molecular formula is C15H20O2. The molecule has 92 valence electrons. The Labute approximate surface area is 103 Å². The first-order chi connectivity index (χ1) is 8.22. The van der Waals surface area contributed by atoms with E-state index in [1.54, 1.807) is 0 Å². The van der Waals surface area contributed by atoms with Gasteiger partial charge in [-0.3, -0.25) is 4.79 Å². The minimum atomic E-state index is -0.0264. The molecule has 2 rings (SSSR count). The topological polar surface area (TPSA) is 26.3 Å². The molecule has 0 aromatic heterocycles. The summed E-state index contributed by atoms with van der Waals surface area (Å²) in [5, 5.41) is 0. The summed E-state index contributed by atoms with van der Waals surface area (Å²) in [6, 6.07) is 8.30. The third-order valence-corrected chi connectivity index (χ3v) is 3.64. The Kier molecular flexibility index (Phi) is 3.95. The Bertz CT molecular complexity index is 398. The highest BCUT2D eigenvalue weighted by Crippen LogP contribution is 2.30. The maximum absolute atomic E-state index is 12.0. The van der Waals surface area contributed by atoms with Gasteiger partial charge in [-0.25, -0.2) is 0 Å². The van der Waals surface area contributed by atoms with Crippen LogP contribution in [0.3, 0.4) is 0 Å². The minimum absolute atomic E-state index is 0.0264. The molecule has 2 atom stereocenters. The predicted molar refractivity (Wildman–Crippen MR) is 67.9 cm³/mol. The summed E-state index contributed by atoms with van der Waals surface area (Å²) in [4.78, 5) is 12.0. The maximum Gasteiger partial charge on any atom is 0.138 e. The van der Waals surface area contributed by atoms with Crippen molar-refractivity contribution in [2.45, 2.75) is 39.2 Å². The van der Waals surface area contributed by atoms with Gasteiger partial charge in [-0.1, -0.05) is 38.1 Å². The highest BCUT2D eigenvalue weighted by atomic mass is 16.5. The van der Waals surface area contributed by atoms with Crippen LogP contribution in [0.25, 0.3) is 0 Å². The molecule has 1 aliphatic heterocycles. The van der Waals surface area contributed by atoms with Crippen LogP contribution in [0.5, 0.6) is 0 Å². The molecule has 0 spiro atoms. The van der Waals surface area contributed by atoms with E-state index in [0.29, 0.717) is 12.2 Å². The number of carbonyl (C=O) groups excluding carboxylic acids is 1. The van der Waals surface area contributed by atoms with Gasteiger partial charge >= 0.3 is 0 Å². The van der Waals surface area contributed by atoms with Crippen molar-refractivity contribution in [3.05, 3.63) is 35.4 Å². The summed E-state index contributed by atoms with van der Waals surface area (Å²) in [6.07, 6.45) is 2.37. The maximum atomic E-state index is 12.0. The van der Waals surface area contributed by atoms with E-state index >= 15 is 0 Å². The predicted octanol–water partition coefficient (Wildman–Crippen LogP) is 3.31. The van der Waals surface area contributed by atoms with Crippen molar-refractivity contribution in [2.75, 3.05) is 6.61 Å². The molecule has 0 amide bonds. The van der Waals surface area contributed by atoms with Gasteiger partial charge in [-0.15, -0.1) is 0 Å². The lowest BCUT2D eigenvalue weighted by atomic mass is 9.91. The first kappa shape index (κ1) is 12.3.